The van der Waals surface area contributed by atoms with Crippen molar-refractivity contribution >= 4 is 23.2 Å². The van der Waals surface area contributed by atoms with E-state index in [1.807, 2.05) is 0 Å². The molecule has 0 spiro atoms. The van der Waals surface area contributed by atoms with Gasteiger partial charge in [0.1, 0.15) is 17.3 Å². The normalized spacial score (nSPS) is 10.2. The van der Waals surface area contributed by atoms with Crippen molar-refractivity contribution in [2.75, 3.05) is 5.32 Å². The van der Waals surface area contributed by atoms with Gasteiger partial charge in [-0.3, -0.25) is 4.79 Å². The molecule has 24 heavy (non-hydrogen) atoms. The van der Waals surface area contributed by atoms with E-state index in [0.29, 0.717) is 16.5 Å². The highest BCUT2D eigenvalue weighted by atomic mass is 35.5. The van der Waals surface area contributed by atoms with E-state index in [1.54, 1.807) is 42.5 Å². The Morgan fingerprint density at radius 3 is 2.54 bits per heavy atom. The second-order valence-electron chi connectivity index (χ2n) is 4.88. The maximum absolute atomic E-state index is 12.9. The first-order valence-corrected chi connectivity index (χ1v) is 7.45. The Labute approximate surface area is 142 Å². The first-order chi connectivity index (χ1) is 11.6. The Hall–Kier alpha value is -2.92. The number of carbonyl (C=O) groups is 1. The molecule has 1 heterocycles. The number of hydrogen-bond acceptors (Lipinski definition) is 3. The zero-order valence-electron chi connectivity index (χ0n) is 12.4. The number of halogens is 2. The summed E-state index contributed by atoms with van der Waals surface area (Å²) in [7, 11) is 0. The molecule has 0 bridgehead atoms. The molecule has 1 amide bonds. The second kappa shape index (κ2) is 7.10. The minimum absolute atomic E-state index is 0.179. The fraction of sp³-hybridized carbons (Fsp3) is 0. The lowest BCUT2D eigenvalue weighted by molar-refractivity contribution is 0.102. The number of carbonyl (C=O) groups excluding carboxylic acids is 1. The summed E-state index contributed by atoms with van der Waals surface area (Å²) in [4.78, 5) is 16.4. The predicted molar refractivity (Wildman–Crippen MR) is 90.1 cm³/mol. The molecule has 0 saturated carbocycles. The van der Waals surface area contributed by atoms with Gasteiger partial charge in [-0.15, -0.1) is 0 Å². The van der Waals surface area contributed by atoms with Crippen molar-refractivity contribution in [2.45, 2.75) is 0 Å². The molecular formula is C18H12ClFN2O2. The molecule has 0 radical (unpaired) electrons. The number of nitrogens with one attached hydrogen (secondary N) is 1. The highest BCUT2D eigenvalue weighted by molar-refractivity contribution is 6.30. The summed E-state index contributed by atoms with van der Waals surface area (Å²) in [5.74, 6) is -0.00342. The molecule has 0 fully saturated rings. The van der Waals surface area contributed by atoms with Crippen LogP contribution < -0.4 is 10.1 Å². The Balaban J connectivity index is 1.74. The van der Waals surface area contributed by atoms with Crippen molar-refractivity contribution < 1.29 is 13.9 Å². The Kier molecular flexibility index (Phi) is 4.72. The van der Waals surface area contributed by atoms with Gasteiger partial charge in [0.05, 0.1) is 0 Å². The molecular weight excluding hydrogens is 331 g/mol. The first kappa shape index (κ1) is 16.0. The standard InChI is InChI=1S/C18H12ClFN2O2/c19-12-3-1-4-15(11-12)24-17-6-2-5-16(22-17)18(23)21-14-9-7-13(20)8-10-14/h1-11H,(H,21,23). The van der Waals surface area contributed by atoms with Crippen LogP contribution in [-0.4, -0.2) is 10.9 Å². The minimum Gasteiger partial charge on any atom is -0.439 e. The van der Waals surface area contributed by atoms with Gasteiger partial charge in [0, 0.05) is 16.8 Å². The molecule has 1 aromatic heterocycles. The van der Waals surface area contributed by atoms with Crippen LogP contribution in [0, 0.1) is 5.82 Å². The molecule has 120 valence electrons. The third-order valence-electron chi connectivity index (χ3n) is 3.08. The molecule has 0 aliphatic heterocycles. The fourth-order valence-corrected chi connectivity index (χ4v) is 2.16. The van der Waals surface area contributed by atoms with Crippen LogP contribution in [0.5, 0.6) is 11.6 Å². The minimum atomic E-state index is -0.418. The predicted octanol–water partition coefficient (Wildman–Crippen LogP) is 4.92. The molecule has 3 rings (SSSR count). The average molecular weight is 343 g/mol. The van der Waals surface area contributed by atoms with E-state index < -0.39 is 5.91 Å². The average Bonchev–Trinajstić information content (AvgIpc) is 2.57. The van der Waals surface area contributed by atoms with E-state index in [0.717, 1.165) is 0 Å². The van der Waals surface area contributed by atoms with Crippen LogP contribution >= 0.6 is 11.6 Å². The van der Waals surface area contributed by atoms with Gasteiger partial charge in [-0.05, 0) is 48.5 Å². The van der Waals surface area contributed by atoms with Crippen LogP contribution in [0.1, 0.15) is 10.5 Å². The molecule has 4 nitrogen and oxygen atoms in total. The lowest BCUT2D eigenvalue weighted by Crippen LogP contribution is -2.13. The van der Waals surface area contributed by atoms with E-state index in [9.17, 15) is 9.18 Å². The molecule has 6 heteroatoms. The quantitative estimate of drug-likeness (QED) is 0.732. The Morgan fingerprint density at radius 2 is 1.79 bits per heavy atom. The Morgan fingerprint density at radius 1 is 1.04 bits per heavy atom. The number of ether oxygens (including phenoxy) is 1. The van der Waals surface area contributed by atoms with Crippen molar-refractivity contribution in [1.82, 2.24) is 4.98 Å². The molecule has 0 aliphatic rings. The van der Waals surface area contributed by atoms with E-state index in [-0.39, 0.29) is 17.4 Å². The van der Waals surface area contributed by atoms with Crippen LogP contribution in [-0.2, 0) is 0 Å². The number of anilines is 1. The number of rotatable bonds is 4. The van der Waals surface area contributed by atoms with Crippen LogP contribution in [0.4, 0.5) is 10.1 Å². The summed E-state index contributed by atoms with van der Waals surface area (Å²) in [6, 6.07) is 17.2. The maximum Gasteiger partial charge on any atom is 0.274 e. The van der Waals surface area contributed by atoms with Crippen molar-refractivity contribution in [3.63, 3.8) is 0 Å². The van der Waals surface area contributed by atoms with Crippen LogP contribution in [0.25, 0.3) is 0 Å². The zero-order valence-corrected chi connectivity index (χ0v) is 13.1. The largest absolute Gasteiger partial charge is 0.439 e. The van der Waals surface area contributed by atoms with Gasteiger partial charge >= 0.3 is 0 Å². The fourth-order valence-electron chi connectivity index (χ4n) is 1.98. The monoisotopic (exact) mass is 342 g/mol. The maximum atomic E-state index is 12.9. The zero-order chi connectivity index (χ0) is 16.9. The highest BCUT2D eigenvalue weighted by Gasteiger charge is 2.10. The molecule has 0 saturated heterocycles. The van der Waals surface area contributed by atoms with Crippen molar-refractivity contribution in [2.24, 2.45) is 0 Å². The lowest BCUT2D eigenvalue weighted by Gasteiger charge is -2.08. The lowest BCUT2D eigenvalue weighted by atomic mass is 10.3. The van der Waals surface area contributed by atoms with E-state index in [4.69, 9.17) is 16.3 Å². The van der Waals surface area contributed by atoms with Crippen molar-refractivity contribution in [3.05, 3.63) is 83.3 Å². The van der Waals surface area contributed by atoms with E-state index in [2.05, 4.69) is 10.3 Å². The van der Waals surface area contributed by atoms with Crippen LogP contribution in [0.15, 0.2) is 66.7 Å². The summed E-state index contributed by atoms with van der Waals surface area (Å²) < 4.78 is 18.5. The highest BCUT2D eigenvalue weighted by Crippen LogP contribution is 2.23. The van der Waals surface area contributed by atoms with Gasteiger partial charge in [-0.25, -0.2) is 9.37 Å². The first-order valence-electron chi connectivity index (χ1n) is 7.07. The summed E-state index contributed by atoms with van der Waals surface area (Å²) in [5.41, 5.74) is 0.656. The molecule has 0 atom stereocenters. The van der Waals surface area contributed by atoms with Gasteiger partial charge in [-0.1, -0.05) is 23.7 Å². The number of nitrogens with zero attached hydrogens (tertiary/aromatic N) is 1. The number of aromatic nitrogens is 1. The molecule has 0 aliphatic carbocycles. The number of pyridine rings is 1. The smallest absolute Gasteiger partial charge is 0.274 e. The molecule has 2 aromatic carbocycles. The summed E-state index contributed by atoms with van der Waals surface area (Å²) in [6.07, 6.45) is 0. The number of hydrogen-bond donors (Lipinski definition) is 1. The third kappa shape index (κ3) is 4.08. The van der Waals surface area contributed by atoms with Crippen LogP contribution in [0.2, 0.25) is 5.02 Å². The number of benzene rings is 2. The van der Waals surface area contributed by atoms with Crippen molar-refractivity contribution in [1.29, 1.82) is 0 Å². The molecule has 0 unspecified atom stereocenters. The van der Waals surface area contributed by atoms with Gasteiger partial charge in [0.15, 0.2) is 0 Å². The molecule has 1 N–H and O–H groups in total. The Bertz CT molecular complexity index is 869. The summed E-state index contributed by atoms with van der Waals surface area (Å²) in [6.45, 7) is 0. The molecule has 3 aromatic rings. The van der Waals surface area contributed by atoms with E-state index >= 15 is 0 Å². The van der Waals surface area contributed by atoms with Crippen LogP contribution in [0.3, 0.4) is 0 Å². The second-order valence-corrected chi connectivity index (χ2v) is 5.32. The number of amides is 1. The summed E-state index contributed by atoms with van der Waals surface area (Å²) >= 11 is 5.90. The van der Waals surface area contributed by atoms with Gasteiger partial charge in [-0.2, -0.15) is 0 Å². The van der Waals surface area contributed by atoms with Crippen molar-refractivity contribution in [3.8, 4) is 11.6 Å². The van der Waals surface area contributed by atoms with Gasteiger partial charge < -0.3 is 10.1 Å². The van der Waals surface area contributed by atoms with E-state index in [1.165, 1.54) is 24.3 Å². The summed E-state index contributed by atoms with van der Waals surface area (Å²) in [5, 5.41) is 3.18. The topological polar surface area (TPSA) is 51.2 Å². The SMILES string of the molecule is O=C(Nc1ccc(F)cc1)c1cccc(Oc2cccc(Cl)c2)n1. The third-order valence-corrected chi connectivity index (χ3v) is 3.31. The van der Waals surface area contributed by atoms with Gasteiger partial charge in [0.2, 0.25) is 5.88 Å². The van der Waals surface area contributed by atoms with Gasteiger partial charge in [0.25, 0.3) is 5.91 Å².